The number of aromatic hydroxyl groups is 1. The zero-order chi connectivity index (χ0) is 14.2. The molecule has 0 aliphatic rings. The van der Waals surface area contributed by atoms with Gasteiger partial charge in [-0.25, -0.2) is 0 Å². The third-order valence-electron chi connectivity index (χ3n) is 3.94. The first-order valence-corrected chi connectivity index (χ1v) is 7.07. The van der Waals surface area contributed by atoms with E-state index in [1.807, 2.05) is 18.2 Å². The third kappa shape index (κ3) is 1.96. The Bertz CT molecular complexity index is 922. The van der Waals surface area contributed by atoms with Crippen LogP contribution in [0.5, 0.6) is 5.75 Å². The van der Waals surface area contributed by atoms with Crippen molar-refractivity contribution in [3.05, 3.63) is 78.4 Å². The molecule has 1 N–H and O–H groups in total. The number of phenols is 1. The Morgan fingerprint density at radius 1 is 0.714 bits per heavy atom. The van der Waals surface area contributed by atoms with Crippen molar-refractivity contribution < 1.29 is 5.11 Å². The maximum atomic E-state index is 9.83. The van der Waals surface area contributed by atoms with Gasteiger partial charge in [-0.15, -0.1) is 0 Å². The maximum absolute atomic E-state index is 9.83. The van der Waals surface area contributed by atoms with Crippen molar-refractivity contribution in [3.63, 3.8) is 0 Å². The molecule has 0 aliphatic heterocycles. The Morgan fingerprint density at radius 3 is 2.29 bits per heavy atom. The van der Waals surface area contributed by atoms with Crippen molar-refractivity contribution in [1.29, 1.82) is 0 Å². The number of phenolic OH excluding ortho intramolecular Hbond substituents is 1. The SMILES string of the molecule is Oc1ccc2c3ccccc3n(Cc3ccccc3)c2c1. The largest absolute Gasteiger partial charge is 0.508 e. The minimum atomic E-state index is 0.305. The quantitative estimate of drug-likeness (QED) is 0.569. The summed E-state index contributed by atoms with van der Waals surface area (Å²) in [7, 11) is 0. The van der Waals surface area contributed by atoms with Gasteiger partial charge in [0.15, 0.2) is 0 Å². The second-order valence-electron chi connectivity index (χ2n) is 5.29. The summed E-state index contributed by atoms with van der Waals surface area (Å²) in [6.45, 7) is 0.800. The molecule has 3 aromatic carbocycles. The topological polar surface area (TPSA) is 25.2 Å². The lowest BCUT2D eigenvalue weighted by Gasteiger charge is -2.07. The lowest BCUT2D eigenvalue weighted by atomic mass is 10.1. The van der Waals surface area contributed by atoms with E-state index in [4.69, 9.17) is 0 Å². The predicted octanol–water partition coefficient (Wildman–Crippen LogP) is 4.55. The van der Waals surface area contributed by atoms with Gasteiger partial charge in [0, 0.05) is 28.9 Å². The highest BCUT2D eigenvalue weighted by atomic mass is 16.3. The van der Waals surface area contributed by atoms with E-state index in [0.717, 1.165) is 12.1 Å². The number of fused-ring (bicyclic) bond motifs is 3. The van der Waals surface area contributed by atoms with E-state index in [1.54, 1.807) is 6.07 Å². The average Bonchev–Trinajstić information content (AvgIpc) is 2.82. The molecule has 2 heteroatoms. The molecule has 1 heterocycles. The molecular weight excluding hydrogens is 258 g/mol. The molecule has 102 valence electrons. The van der Waals surface area contributed by atoms with Crippen molar-refractivity contribution in [2.24, 2.45) is 0 Å². The molecule has 0 unspecified atom stereocenters. The Labute approximate surface area is 122 Å². The van der Waals surface area contributed by atoms with E-state index in [2.05, 4.69) is 53.1 Å². The van der Waals surface area contributed by atoms with E-state index >= 15 is 0 Å². The van der Waals surface area contributed by atoms with Gasteiger partial charge in [0.2, 0.25) is 0 Å². The standard InChI is InChI=1S/C19H15NO/c21-15-10-11-17-16-8-4-5-9-18(16)20(19(17)12-15)13-14-6-2-1-3-7-14/h1-12,21H,13H2. The van der Waals surface area contributed by atoms with Crippen molar-refractivity contribution >= 4 is 21.8 Å². The Balaban J connectivity index is 2.02. The highest BCUT2D eigenvalue weighted by Gasteiger charge is 2.10. The highest BCUT2D eigenvalue weighted by Crippen LogP contribution is 2.31. The molecule has 0 aliphatic carbocycles. The van der Waals surface area contributed by atoms with Gasteiger partial charge in [-0.3, -0.25) is 0 Å². The fourth-order valence-electron chi connectivity index (χ4n) is 2.97. The molecule has 0 spiro atoms. The fraction of sp³-hybridized carbons (Fsp3) is 0.0526. The zero-order valence-electron chi connectivity index (χ0n) is 11.5. The molecular formula is C19H15NO. The summed E-state index contributed by atoms with van der Waals surface area (Å²) in [5, 5.41) is 12.2. The van der Waals surface area contributed by atoms with Crippen LogP contribution in [0.3, 0.4) is 0 Å². The average molecular weight is 273 g/mol. The summed E-state index contributed by atoms with van der Waals surface area (Å²) in [6.07, 6.45) is 0. The van der Waals surface area contributed by atoms with E-state index < -0.39 is 0 Å². The monoisotopic (exact) mass is 273 g/mol. The Kier molecular flexibility index (Phi) is 2.68. The van der Waals surface area contributed by atoms with Gasteiger partial charge in [0.05, 0.1) is 5.52 Å². The van der Waals surface area contributed by atoms with Crippen molar-refractivity contribution in [2.45, 2.75) is 6.54 Å². The molecule has 0 bridgehead atoms. The van der Waals surface area contributed by atoms with E-state index in [1.165, 1.54) is 21.9 Å². The first-order chi connectivity index (χ1) is 10.3. The van der Waals surface area contributed by atoms with Gasteiger partial charge >= 0.3 is 0 Å². The second kappa shape index (κ2) is 4.67. The van der Waals surface area contributed by atoms with Crippen molar-refractivity contribution in [1.82, 2.24) is 4.57 Å². The van der Waals surface area contributed by atoms with Gasteiger partial charge in [0.25, 0.3) is 0 Å². The first kappa shape index (κ1) is 12.0. The van der Waals surface area contributed by atoms with Crippen LogP contribution >= 0.6 is 0 Å². The lowest BCUT2D eigenvalue weighted by Crippen LogP contribution is -1.98. The minimum Gasteiger partial charge on any atom is -0.508 e. The number of benzene rings is 3. The van der Waals surface area contributed by atoms with Gasteiger partial charge in [0.1, 0.15) is 5.75 Å². The van der Waals surface area contributed by atoms with Crippen LogP contribution in [0.1, 0.15) is 5.56 Å². The fourth-order valence-corrected chi connectivity index (χ4v) is 2.97. The summed E-state index contributed by atoms with van der Waals surface area (Å²) in [4.78, 5) is 0. The van der Waals surface area contributed by atoms with Crippen LogP contribution in [0.4, 0.5) is 0 Å². The van der Waals surface area contributed by atoms with Gasteiger partial charge in [-0.1, -0.05) is 48.5 Å². The van der Waals surface area contributed by atoms with Gasteiger partial charge in [-0.05, 0) is 23.8 Å². The molecule has 2 nitrogen and oxygen atoms in total. The summed E-state index contributed by atoms with van der Waals surface area (Å²) >= 11 is 0. The van der Waals surface area contributed by atoms with Gasteiger partial charge < -0.3 is 9.67 Å². The molecule has 1 aromatic heterocycles. The lowest BCUT2D eigenvalue weighted by molar-refractivity contribution is 0.476. The molecule has 21 heavy (non-hydrogen) atoms. The van der Waals surface area contributed by atoms with Gasteiger partial charge in [-0.2, -0.15) is 0 Å². The Hall–Kier alpha value is -2.74. The number of nitrogens with zero attached hydrogens (tertiary/aromatic N) is 1. The van der Waals surface area contributed by atoms with Crippen LogP contribution < -0.4 is 0 Å². The van der Waals surface area contributed by atoms with E-state index in [-0.39, 0.29) is 0 Å². The maximum Gasteiger partial charge on any atom is 0.117 e. The number of para-hydroxylation sites is 1. The van der Waals surface area contributed by atoms with E-state index in [9.17, 15) is 5.11 Å². The number of hydrogen-bond acceptors (Lipinski definition) is 1. The molecule has 0 fully saturated rings. The highest BCUT2D eigenvalue weighted by molar-refractivity contribution is 6.08. The second-order valence-corrected chi connectivity index (χ2v) is 5.29. The summed E-state index contributed by atoms with van der Waals surface area (Å²) in [6, 6.07) is 24.4. The molecule has 0 radical (unpaired) electrons. The smallest absolute Gasteiger partial charge is 0.117 e. The molecule has 0 atom stereocenters. The van der Waals surface area contributed by atoms with Crippen LogP contribution in [0.25, 0.3) is 21.8 Å². The predicted molar refractivity (Wildman–Crippen MR) is 86.7 cm³/mol. The summed E-state index contributed by atoms with van der Waals surface area (Å²) in [5.41, 5.74) is 3.52. The molecule has 0 amide bonds. The molecule has 0 saturated carbocycles. The normalized spacial score (nSPS) is 11.2. The number of aromatic nitrogens is 1. The molecule has 0 saturated heterocycles. The summed E-state index contributed by atoms with van der Waals surface area (Å²) in [5.74, 6) is 0.305. The minimum absolute atomic E-state index is 0.305. The summed E-state index contributed by atoms with van der Waals surface area (Å²) < 4.78 is 2.26. The van der Waals surface area contributed by atoms with Crippen LogP contribution in [0.15, 0.2) is 72.8 Å². The van der Waals surface area contributed by atoms with Crippen molar-refractivity contribution in [3.8, 4) is 5.75 Å². The zero-order valence-corrected chi connectivity index (χ0v) is 11.5. The third-order valence-corrected chi connectivity index (χ3v) is 3.94. The number of rotatable bonds is 2. The van der Waals surface area contributed by atoms with E-state index in [0.29, 0.717) is 5.75 Å². The number of hydrogen-bond donors (Lipinski definition) is 1. The van der Waals surface area contributed by atoms with Crippen LogP contribution in [-0.4, -0.2) is 9.67 Å². The first-order valence-electron chi connectivity index (χ1n) is 7.07. The van der Waals surface area contributed by atoms with Crippen LogP contribution in [0, 0.1) is 0 Å². The molecule has 4 aromatic rings. The molecule has 4 rings (SSSR count). The van der Waals surface area contributed by atoms with Crippen LogP contribution in [-0.2, 0) is 6.54 Å². The Morgan fingerprint density at radius 2 is 1.43 bits per heavy atom. The van der Waals surface area contributed by atoms with Crippen LogP contribution in [0.2, 0.25) is 0 Å². The van der Waals surface area contributed by atoms with Crippen molar-refractivity contribution in [2.75, 3.05) is 0 Å².